The van der Waals surface area contributed by atoms with E-state index >= 15 is 0 Å². The molecule has 0 atom stereocenters. The lowest BCUT2D eigenvalue weighted by atomic mass is 10.2. The second kappa shape index (κ2) is 10.3. The average Bonchev–Trinajstić information content (AvgIpc) is 2.73. The van der Waals surface area contributed by atoms with E-state index < -0.39 is 0 Å². The molecule has 0 fully saturated rings. The first-order valence-corrected chi connectivity index (χ1v) is 10.0. The number of hydrogen-bond donors (Lipinski definition) is 1. The summed E-state index contributed by atoms with van der Waals surface area (Å²) in [6.07, 6.45) is 0. The molecule has 3 rings (SSSR count). The van der Waals surface area contributed by atoms with Crippen LogP contribution in [0.2, 0.25) is 10.0 Å². The van der Waals surface area contributed by atoms with Crippen LogP contribution in [0.1, 0.15) is 18.1 Å². The van der Waals surface area contributed by atoms with E-state index in [1.165, 1.54) is 0 Å². The molecule has 0 saturated heterocycles. The predicted octanol–water partition coefficient (Wildman–Crippen LogP) is 6.59. The fourth-order valence-electron chi connectivity index (χ4n) is 2.78. The number of methoxy groups -OCH3 is 1. The summed E-state index contributed by atoms with van der Waals surface area (Å²) >= 11 is 12.4. The normalized spacial score (nSPS) is 10.5. The van der Waals surface area contributed by atoms with Gasteiger partial charge in [-0.3, -0.25) is 0 Å². The standard InChI is InChI=1S/C23H23Cl2NO3/c1-3-28-22-13-17(14-26-19-8-10-20(27-2)11-9-19)12-21(25)23(22)29-15-16-4-6-18(24)7-5-16/h4-13,26H,3,14-15H2,1-2H3. The van der Waals surface area contributed by atoms with Crippen molar-refractivity contribution in [3.63, 3.8) is 0 Å². The Kier molecular flexibility index (Phi) is 7.50. The van der Waals surface area contributed by atoms with E-state index in [0.717, 1.165) is 22.6 Å². The highest BCUT2D eigenvalue weighted by Gasteiger charge is 2.13. The van der Waals surface area contributed by atoms with Crippen molar-refractivity contribution in [3.8, 4) is 17.2 Å². The third kappa shape index (κ3) is 5.96. The number of hydrogen-bond acceptors (Lipinski definition) is 4. The Bertz CT molecular complexity index is 928. The minimum Gasteiger partial charge on any atom is -0.497 e. The van der Waals surface area contributed by atoms with Crippen LogP contribution in [0, 0.1) is 0 Å². The highest BCUT2D eigenvalue weighted by molar-refractivity contribution is 6.32. The van der Waals surface area contributed by atoms with Gasteiger partial charge in [0, 0.05) is 17.3 Å². The van der Waals surface area contributed by atoms with Gasteiger partial charge in [0.05, 0.1) is 18.7 Å². The third-order valence-electron chi connectivity index (χ3n) is 4.25. The number of nitrogens with one attached hydrogen (secondary N) is 1. The molecule has 0 unspecified atom stereocenters. The molecule has 4 nitrogen and oxygen atoms in total. The van der Waals surface area contributed by atoms with Crippen molar-refractivity contribution in [2.45, 2.75) is 20.1 Å². The molecule has 0 saturated carbocycles. The Balaban J connectivity index is 1.71. The third-order valence-corrected chi connectivity index (χ3v) is 4.78. The maximum atomic E-state index is 6.51. The van der Waals surface area contributed by atoms with Crippen LogP contribution >= 0.6 is 23.2 Å². The molecule has 0 aliphatic carbocycles. The molecule has 3 aromatic carbocycles. The molecule has 6 heteroatoms. The lowest BCUT2D eigenvalue weighted by Gasteiger charge is -2.16. The Hall–Kier alpha value is -2.56. The van der Waals surface area contributed by atoms with Crippen LogP contribution in [0.15, 0.2) is 60.7 Å². The molecule has 0 radical (unpaired) electrons. The molecule has 0 spiro atoms. The lowest BCUT2D eigenvalue weighted by Crippen LogP contribution is -2.04. The van der Waals surface area contributed by atoms with Crippen LogP contribution in [0.25, 0.3) is 0 Å². The Morgan fingerprint density at radius 1 is 0.862 bits per heavy atom. The monoisotopic (exact) mass is 431 g/mol. The van der Waals surface area contributed by atoms with E-state index in [2.05, 4.69) is 5.32 Å². The van der Waals surface area contributed by atoms with Gasteiger partial charge in [-0.05, 0) is 66.6 Å². The summed E-state index contributed by atoms with van der Waals surface area (Å²) in [5.41, 5.74) is 2.98. The minimum absolute atomic E-state index is 0.375. The van der Waals surface area contributed by atoms with Gasteiger partial charge in [0.2, 0.25) is 0 Å². The molecule has 0 bridgehead atoms. The topological polar surface area (TPSA) is 39.7 Å². The van der Waals surface area contributed by atoms with Crippen molar-refractivity contribution >= 4 is 28.9 Å². The van der Waals surface area contributed by atoms with E-state index in [4.69, 9.17) is 37.4 Å². The quantitative estimate of drug-likeness (QED) is 0.414. The SMILES string of the molecule is CCOc1cc(CNc2ccc(OC)cc2)cc(Cl)c1OCc1ccc(Cl)cc1. The molecular weight excluding hydrogens is 409 g/mol. The number of rotatable bonds is 9. The van der Waals surface area contributed by atoms with Crippen molar-refractivity contribution in [2.75, 3.05) is 19.0 Å². The fourth-order valence-corrected chi connectivity index (χ4v) is 3.19. The predicted molar refractivity (Wildman–Crippen MR) is 119 cm³/mol. The smallest absolute Gasteiger partial charge is 0.180 e. The first-order chi connectivity index (χ1) is 14.1. The Morgan fingerprint density at radius 2 is 1.59 bits per heavy atom. The van der Waals surface area contributed by atoms with Crippen LogP contribution in [-0.2, 0) is 13.2 Å². The van der Waals surface area contributed by atoms with Crippen LogP contribution in [0.4, 0.5) is 5.69 Å². The van der Waals surface area contributed by atoms with Crippen LogP contribution < -0.4 is 19.5 Å². The summed E-state index contributed by atoms with van der Waals surface area (Å²) in [5, 5.41) is 4.57. The molecule has 1 N–H and O–H groups in total. The molecule has 0 heterocycles. The first kappa shape index (κ1) is 21.2. The Labute approximate surface area is 181 Å². The van der Waals surface area contributed by atoms with Crippen molar-refractivity contribution in [1.29, 1.82) is 0 Å². The van der Waals surface area contributed by atoms with Crippen LogP contribution in [0.3, 0.4) is 0 Å². The Morgan fingerprint density at radius 3 is 2.24 bits per heavy atom. The highest BCUT2D eigenvalue weighted by Crippen LogP contribution is 2.37. The number of ether oxygens (including phenoxy) is 3. The summed E-state index contributed by atoms with van der Waals surface area (Å²) in [6.45, 7) is 3.42. The summed E-state index contributed by atoms with van der Waals surface area (Å²) in [7, 11) is 1.65. The van der Waals surface area contributed by atoms with Crippen molar-refractivity contribution < 1.29 is 14.2 Å². The molecule has 3 aromatic rings. The molecule has 152 valence electrons. The van der Waals surface area contributed by atoms with Gasteiger partial charge >= 0.3 is 0 Å². The molecule has 0 aliphatic rings. The first-order valence-electron chi connectivity index (χ1n) is 9.29. The molecule has 0 amide bonds. The van der Waals surface area contributed by atoms with Gasteiger partial charge in [-0.15, -0.1) is 0 Å². The summed E-state index contributed by atoms with van der Waals surface area (Å²) < 4.78 is 16.9. The van der Waals surface area contributed by atoms with E-state index in [-0.39, 0.29) is 0 Å². The van der Waals surface area contributed by atoms with Gasteiger partial charge in [0.15, 0.2) is 11.5 Å². The van der Waals surface area contributed by atoms with Gasteiger partial charge in [-0.25, -0.2) is 0 Å². The van der Waals surface area contributed by atoms with Gasteiger partial charge in [0.25, 0.3) is 0 Å². The number of halogens is 2. The van der Waals surface area contributed by atoms with Gasteiger partial charge in [-0.1, -0.05) is 35.3 Å². The zero-order chi connectivity index (χ0) is 20.6. The largest absolute Gasteiger partial charge is 0.497 e. The molecular formula is C23H23Cl2NO3. The number of benzene rings is 3. The van der Waals surface area contributed by atoms with Crippen molar-refractivity contribution in [1.82, 2.24) is 0 Å². The van der Waals surface area contributed by atoms with E-state index in [9.17, 15) is 0 Å². The van der Waals surface area contributed by atoms with E-state index in [1.807, 2.05) is 67.6 Å². The van der Waals surface area contributed by atoms with E-state index in [1.54, 1.807) is 7.11 Å². The summed E-state index contributed by atoms with van der Waals surface area (Å²) in [5.74, 6) is 1.98. The lowest BCUT2D eigenvalue weighted by molar-refractivity contribution is 0.269. The van der Waals surface area contributed by atoms with Crippen LogP contribution in [-0.4, -0.2) is 13.7 Å². The number of anilines is 1. The van der Waals surface area contributed by atoms with Gasteiger partial charge in [-0.2, -0.15) is 0 Å². The van der Waals surface area contributed by atoms with Crippen molar-refractivity contribution in [3.05, 3.63) is 81.8 Å². The van der Waals surface area contributed by atoms with Gasteiger partial charge in [0.1, 0.15) is 12.4 Å². The second-order valence-corrected chi connectivity index (χ2v) is 7.18. The second-order valence-electron chi connectivity index (χ2n) is 6.34. The molecule has 0 aliphatic heterocycles. The molecule has 0 aromatic heterocycles. The maximum Gasteiger partial charge on any atom is 0.180 e. The van der Waals surface area contributed by atoms with Crippen LogP contribution in [0.5, 0.6) is 17.2 Å². The summed E-state index contributed by atoms with van der Waals surface area (Å²) in [4.78, 5) is 0. The highest BCUT2D eigenvalue weighted by atomic mass is 35.5. The minimum atomic E-state index is 0.375. The summed E-state index contributed by atoms with van der Waals surface area (Å²) in [6, 6.07) is 19.1. The fraction of sp³-hybridized carbons (Fsp3) is 0.217. The zero-order valence-corrected chi connectivity index (χ0v) is 17.9. The van der Waals surface area contributed by atoms with E-state index in [0.29, 0.717) is 41.3 Å². The molecule has 29 heavy (non-hydrogen) atoms. The zero-order valence-electron chi connectivity index (χ0n) is 16.4. The maximum absolute atomic E-state index is 6.51. The van der Waals surface area contributed by atoms with Gasteiger partial charge < -0.3 is 19.5 Å². The van der Waals surface area contributed by atoms with Crippen molar-refractivity contribution in [2.24, 2.45) is 0 Å². The average molecular weight is 432 g/mol.